The molecule has 2 N–H and O–H groups in total. The molecule has 1 atom stereocenters. The van der Waals surface area contributed by atoms with Gasteiger partial charge >= 0.3 is 0 Å². The zero-order chi connectivity index (χ0) is 24.6. The third-order valence-corrected chi connectivity index (χ3v) is 8.76. The highest BCUT2D eigenvalue weighted by Crippen LogP contribution is 2.43. The Morgan fingerprint density at radius 3 is 2.49 bits per heavy atom. The van der Waals surface area contributed by atoms with Gasteiger partial charge in [0.15, 0.2) is 0 Å². The third-order valence-electron chi connectivity index (χ3n) is 8.76. The van der Waals surface area contributed by atoms with Crippen LogP contribution in [0.25, 0.3) is 0 Å². The summed E-state index contributed by atoms with van der Waals surface area (Å²) in [5.74, 6) is 0.0877. The van der Waals surface area contributed by atoms with Gasteiger partial charge in [0.25, 0.3) is 5.91 Å². The molecular formula is C27H39N5O3. The normalized spacial score (nSPS) is 28.5. The minimum Gasteiger partial charge on any atom is -0.370 e. The lowest BCUT2D eigenvalue weighted by Crippen LogP contribution is -2.59. The molecule has 5 rings (SSSR count). The number of imide groups is 1. The maximum atomic E-state index is 13.2. The van der Waals surface area contributed by atoms with Crippen LogP contribution in [0.3, 0.4) is 0 Å². The van der Waals surface area contributed by atoms with Crippen LogP contribution < -0.4 is 10.6 Å². The van der Waals surface area contributed by atoms with Crippen LogP contribution in [-0.2, 0) is 14.4 Å². The maximum absolute atomic E-state index is 13.2. The second-order valence-corrected chi connectivity index (χ2v) is 11.2. The monoisotopic (exact) mass is 481 g/mol. The molecule has 4 fully saturated rings. The molecule has 1 spiro atoms. The van der Waals surface area contributed by atoms with Gasteiger partial charge in [0.2, 0.25) is 11.8 Å². The van der Waals surface area contributed by atoms with Gasteiger partial charge in [0, 0.05) is 49.3 Å². The molecule has 0 aromatic carbocycles. The van der Waals surface area contributed by atoms with Crippen LogP contribution in [0.5, 0.6) is 0 Å². The standard InChI is InChI=1S/C27H39N5O3/c1-3-21(14-22-19(2)15-32(26(22)35)23-4-5-24(33)29-25(23)34)31-17-27(18-31)8-12-30(13-9-27)16-20-6-10-28-11-7-20/h3,14,20,23,28H,1,4-13,15-18H2,2H3,(H,29,33,34)/b21-14+. The molecule has 0 saturated carbocycles. The molecule has 5 heterocycles. The predicted molar refractivity (Wildman–Crippen MR) is 134 cm³/mol. The Morgan fingerprint density at radius 1 is 1.11 bits per heavy atom. The van der Waals surface area contributed by atoms with E-state index in [9.17, 15) is 14.4 Å². The first-order chi connectivity index (χ1) is 16.9. The number of carbonyl (C=O) groups is 3. The van der Waals surface area contributed by atoms with E-state index in [2.05, 4.69) is 27.0 Å². The van der Waals surface area contributed by atoms with Gasteiger partial charge in [-0.25, -0.2) is 0 Å². The van der Waals surface area contributed by atoms with Crippen molar-refractivity contribution in [2.75, 3.05) is 52.4 Å². The predicted octanol–water partition coefficient (Wildman–Crippen LogP) is 1.42. The molecule has 0 aromatic heterocycles. The largest absolute Gasteiger partial charge is 0.370 e. The molecule has 4 saturated heterocycles. The van der Waals surface area contributed by atoms with Crippen molar-refractivity contribution in [3.63, 3.8) is 0 Å². The second-order valence-electron chi connectivity index (χ2n) is 11.2. The lowest BCUT2D eigenvalue weighted by molar-refractivity contribution is -0.142. The summed E-state index contributed by atoms with van der Waals surface area (Å²) < 4.78 is 0. The molecular weight excluding hydrogens is 442 g/mol. The van der Waals surface area contributed by atoms with Crippen molar-refractivity contribution in [2.24, 2.45) is 11.3 Å². The number of hydrogen-bond acceptors (Lipinski definition) is 6. The van der Waals surface area contributed by atoms with Crippen LogP contribution >= 0.6 is 0 Å². The van der Waals surface area contributed by atoms with Crippen LogP contribution in [-0.4, -0.2) is 90.8 Å². The van der Waals surface area contributed by atoms with E-state index in [-0.39, 0.29) is 24.1 Å². The number of nitrogens with zero attached hydrogens (tertiary/aromatic N) is 3. The first-order valence-electron chi connectivity index (χ1n) is 13.2. The number of likely N-dealkylation sites (tertiary alicyclic amines) is 2. The summed E-state index contributed by atoms with van der Waals surface area (Å²) in [6, 6.07) is -0.574. The van der Waals surface area contributed by atoms with Gasteiger partial charge < -0.3 is 20.0 Å². The number of rotatable bonds is 6. The van der Waals surface area contributed by atoms with Crippen molar-refractivity contribution >= 4 is 17.7 Å². The highest BCUT2D eigenvalue weighted by molar-refractivity contribution is 6.06. The summed E-state index contributed by atoms with van der Waals surface area (Å²) in [6.07, 6.45) is 9.55. The fraction of sp³-hybridized carbons (Fsp3) is 0.667. The zero-order valence-corrected chi connectivity index (χ0v) is 21.0. The Hall–Kier alpha value is -2.45. The molecule has 5 aliphatic rings. The summed E-state index contributed by atoms with van der Waals surface area (Å²) in [4.78, 5) is 43.6. The number of allylic oxidation sites excluding steroid dienone is 1. The minimum absolute atomic E-state index is 0.127. The van der Waals surface area contributed by atoms with E-state index >= 15 is 0 Å². The van der Waals surface area contributed by atoms with E-state index in [0.717, 1.165) is 43.4 Å². The smallest absolute Gasteiger partial charge is 0.254 e. The van der Waals surface area contributed by atoms with Gasteiger partial charge in [-0.05, 0) is 88.8 Å². The highest BCUT2D eigenvalue weighted by Gasteiger charge is 2.46. The van der Waals surface area contributed by atoms with Crippen molar-refractivity contribution in [1.82, 2.24) is 25.3 Å². The Balaban J connectivity index is 1.16. The molecule has 3 amide bonds. The Morgan fingerprint density at radius 2 is 1.83 bits per heavy atom. The van der Waals surface area contributed by atoms with Crippen molar-refractivity contribution in [1.29, 1.82) is 0 Å². The van der Waals surface area contributed by atoms with Gasteiger partial charge in [0.05, 0.1) is 0 Å². The Labute approximate surface area is 208 Å². The average Bonchev–Trinajstić information content (AvgIpc) is 3.10. The lowest BCUT2D eigenvalue weighted by Gasteiger charge is -2.55. The molecule has 0 aromatic rings. The van der Waals surface area contributed by atoms with Crippen molar-refractivity contribution in [3.8, 4) is 0 Å². The summed E-state index contributed by atoms with van der Waals surface area (Å²) in [5.41, 5.74) is 2.98. The summed E-state index contributed by atoms with van der Waals surface area (Å²) >= 11 is 0. The van der Waals surface area contributed by atoms with E-state index in [0.29, 0.717) is 24.0 Å². The van der Waals surface area contributed by atoms with E-state index in [1.807, 2.05) is 19.1 Å². The number of nitrogens with one attached hydrogen (secondary N) is 2. The summed E-state index contributed by atoms with van der Waals surface area (Å²) in [5, 5.41) is 5.83. The second kappa shape index (κ2) is 9.90. The molecule has 0 radical (unpaired) electrons. The van der Waals surface area contributed by atoms with Crippen molar-refractivity contribution in [2.45, 2.75) is 51.5 Å². The zero-order valence-electron chi connectivity index (χ0n) is 21.0. The molecule has 8 heteroatoms. The van der Waals surface area contributed by atoms with E-state index < -0.39 is 6.04 Å². The fourth-order valence-electron chi connectivity index (χ4n) is 6.49. The number of piperidine rings is 3. The molecule has 1 unspecified atom stereocenters. The number of hydrogen-bond donors (Lipinski definition) is 2. The molecule has 190 valence electrons. The Kier molecular flexibility index (Phi) is 6.86. The average molecular weight is 482 g/mol. The highest BCUT2D eigenvalue weighted by atomic mass is 16.2. The number of carbonyl (C=O) groups excluding carboxylic acids is 3. The maximum Gasteiger partial charge on any atom is 0.254 e. The summed E-state index contributed by atoms with van der Waals surface area (Å²) in [7, 11) is 0. The van der Waals surface area contributed by atoms with Crippen LogP contribution in [0.4, 0.5) is 0 Å². The van der Waals surface area contributed by atoms with Gasteiger partial charge in [-0.3, -0.25) is 19.7 Å². The van der Waals surface area contributed by atoms with Crippen LogP contribution in [0.2, 0.25) is 0 Å². The topological polar surface area (TPSA) is 85.0 Å². The first kappa shape index (κ1) is 24.3. The van der Waals surface area contributed by atoms with Crippen LogP contribution in [0, 0.1) is 11.3 Å². The van der Waals surface area contributed by atoms with Gasteiger partial charge in [-0.2, -0.15) is 0 Å². The minimum atomic E-state index is -0.574. The van der Waals surface area contributed by atoms with E-state index in [1.54, 1.807) is 4.90 Å². The van der Waals surface area contributed by atoms with Crippen LogP contribution in [0.15, 0.2) is 35.6 Å². The van der Waals surface area contributed by atoms with Crippen molar-refractivity contribution in [3.05, 3.63) is 35.6 Å². The van der Waals surface area contributed by atoms with E-state index in [1.165, 1.54) is 45.3 Å². The lowest BCUT2D eigenvalue weighted by atomic mass is 9.71. The molecule has 0 bridgehead atoms. The quantitative estimate of drug-likeness (QED) is 0.441. The van der Waals surface area contributed by atoms with Gasteiger partial charge in [-0.15, -0.1) is 0 Å². The molecule has 5 aliphatic heterocycles. The fourth-order valence-corrected chi connectivity index (χ4v) is 6.49. The van der Waals surface area contributed by atoms with Gasteiger partial charge in [0.1, 0.15) is 6.04 Å². The van der Waals surface area contributed by atoms with Crippen molar-refractivity contribution < 1.29 is 14.4 Å². The molecule has 35 heavy (non-hydrogen) atoms. The Bertz CT molecular complexity index is 948. The first-order valence-corrected chi connectivity index (χ1v) is 13.2. The van der Waals surface area contributed by atoms with Crippen LogP contribution in [0.1, 0.15) is 45.4 Å². The van der Waals surface area contributed by atoms with E-state index in [4.69, 9.17) is 0 Å². The third kappa shape index (κ3) is 4.96. The molecule has 8 nitrogen and oxygen atoms in total. The molecule has 0 aliphatic carbocycles. The SMILES string of the molecule is C=C/C(=C\C1=C(C)CN(C2CCC(=O)NC2=O)C1=O)N1CC2(CCN(CC3CCNCC3)CC2)C1. The summed E-state index contributed by atoms with van der Waals surface area (Å²) in [6.45, 7) is 14.4. The number of amides is 3. The van der Waals surface area contributed by atoms with Gasteiger partial charge in [-0.1, -0.05) is 6.58 Å².